The fourth-order valence-electron chi connectivity index (χ4n) is 2.70. The summed E-state index contributed by atoms with van der Waals surface area (Å²) in [5.41, 5.74) is 1.80. The van der Waals surface area contributed by atoms with Gasteiger partial charge < -0.3 is 5.32 Å². The van der Waals surface area contributed by atoms with E-state index in [0.717, 1.165) is 10.5 Å². The predicted octanol–water partition coefficient (Wildman–Crippen LogP) is 4.82. The van der Waals surface area contributed by atoms with E-state index in [-0.39, 0.29) is 16.5 Å². The second-order valence-electron chi connectivity index (χ2n) is 7.00. The Bertz CT molecular complexity index is 1210. The standard InChI is InChI=1S/C22H21N3O5S2/c1-15-3-13-21(14-4-15)32(29,30)24-18-7-11-20(12-8-18)31-16(2)22(26)23-17-5-9-19(10-6-17)25(27)28/h3-14,16,24H,1-2H3,(H,23,26). The fraction of sp³-hybridized carbons (Fsp3) is 0.136. The van der Waals surface area contributed by atoms with Gasteiger partial charge in [-0.1, -0.05) is 17.7 Å². The first-order valence-electron chi connectivity index (χ1n) is 9.55. The molecule has 0 aromatic heterocycles. The number of nitrogens with one attached hydrogen (secondary N) is 2. The first-order chi connectivity index (χ1) is 15.1. The maximum absolute atomic E-state index is 12.5. The number of hydrogen-bond acceptors (Lipinski definition) is 6. The Kier molecular flexibility index (Phi) is 7.16. The molecule has 0 bridgehead atoms. The van der Waals surface area contributed by atoms with E-state index in [1.54, 1.807) is 55.5 Å². The molecule has 0 heterocycles. The van der Waals surface area contributed by atoms with Crippen molar-refractivity contribution in [1.29, 1.82) is 0 Å². The largest absolute Gasteiger partial charge is 0.325 e. The summed E-state index contributed by atoms with van der Waals surface area (Å²) in [4.78, 5) is 23.6. The van der Waals surface area contributed by atoms with Crippen molar-refractivity contribution in [2.24, 2.45) is 0 Å². The molecule has 0 fully saturated rings. The van der Waals surface area contributed by atoms with Crippen molar-refractivity contribution < 1.29 is 18.1 Å². The second kappa shape index (κ2) is 9.84. The number of rotatable bonds is 8. The summed E-state index contributed by atoms with van der Waals surface area (Å²) in [6, 6.07) is 18.9. The molecule has 0 saturated heterocycles. The molecular formula is C22H21N3O5S2. The lowest BCUT2D eigenvalue weighted by Crippen LogP contribution is -2.22. The van der Waals surface area contributed by atoms with Crippen LogP contribution in [-0.2, 0) is 14.8 Å². The van der Waals surface area contributed by atoms with Gasteiger partial charge in [-0.3, -0.25) is 19.6 Å². The molecule has 0 radical (unpaired) electrons. The molecular weight excluding hydrogens is 450 g/mol. The normalized spacial score (nSPS) is 12.1. The smallest absolute Gasteiger partial charge is 0.269 e. The van der Waals surface area contributed by atoms with Crippen LogP contribution in [0.2, 0.25) is 0 Å². The third-order valence-electron chi connectivity index (χ3n) is 4.47. The quantitative estimate of drug-likeness (QED) is 0.276. The molecule has 0 aliphatic carbocycles. The molecule has 0 saturated carbocycles. The summed E-state index contributed by atoms with van der Waals surface area (Å²) < 4.78 is 27.5. The molecule has 2 N–H and O–H groups in total. The highest BCUT2D eigenvalue weighted by molar-refractivity contribution is 8.00. The lowest BCUT2D eigenvalue weighted by atomic mass is 10.2. The minimum Gasteiger partial charge on any atom is -0.325 e. The van der Waals surface area contributed by atoms with E-state index in [2.05, 4.69) is 10.0 Å². The SMILES string of the molecule is Cc1ccc(S(=O)(=O)Nc2ccc(SC(C)C(=O)Nc3ccc([N+](=O)[O-])cc3)cc2)cc1. The van der Waals surface area contributed by atoms with Crippen molar-refractivity contribution in [3.05, 3.63) is 88.5 Å². The lowest BCUT2D eigenvalue weighted by Gasteiger charge is -2.13. The minimum atomic E-state index is -3.69. The van der Waals surface area contributed by atoms with Crippen LogP contribution >= 0.6 is 11.8 Å². The average molecular weight is 472 g/mol. The molecule has 3 rings (SSSR count). The highest BCUT2D eigenvalue weighted by Gasteiger charge is 2.17. The summed E-state index contributed by atoms with van der Waals surface area (Å²) in [6.45, 7) is 3.62. The van der Waals surface area contributed by atoms with Gasteiger partial charge in [0.1, 0.15) is 0 Å². The summed E-state index contributed by atoms with van der Waals surface area (Å²) in [5.74, 6) is -0.256. The minimum absolute atomic E-state index is 0.0523. The van der Waals surface area contributed by atoms with Crippen LogP contribution in [0.5, 0.6) is 0 Å². The Morgan fingerprint density at radius 3 is 2.06 bits per heavy atom. The van der Waals surface area contributed by atoms with Gasteiger partial charge in [0, 0.05) is 28.4 Å². The number of thioether (sulfide) groups is 1. The van der Waals surface area contributed by atoms with Gasteiger partial charge in [0.25, 0.3) is 15.7 Å². The number of nitrogens with zero attached hydrogens (tertiary/aromatic N) is 1. The van der Waals surface area contributed by atoms with Crippen LogP contribution < -0.4 is 10.0 Å². The van der Waals surface area contributed by atoms with Gasteiger partial charge in [-0.15, -0.1) is 11.8 Å². The van der Waals surface area contributed by atoms with Gasteiger partial charge in [0.15, 0.2) is 0 Å². The second-order valence-corrected chi connectivity index (χ2v) is 10.1. The molecule has 0 aliphatic heterocycles. The summed E-state index contributed by atoms with van der Waals surface area (Å²) in [5, 5.41) is 13.0. The monoisotopic (exact) mass is 471 g/mol. The molecule has 10 heteroatoms. The number of amides is 1. The number of benzene rings is 3. The van der Waals surface area contributed by atoms with Crippen molar-refractivity contribution in [2.75, 3.05) is 10.0 Å². The first kappa shape index (κ1) is 23.3. The molecule has 32 heavy (non-hydrogen) atoms. The van der Waals surface area contributed by atoms with Crippen LogP contribution in [0.4, 0.5) is 17.1 Å². The molecule has 8 nitrogen and oxygen atoms in total. The third-order valence-corrected chi connectivity index (χ3v) is 6.97. The highest BCUT2D eigenvalue weighted by atomic mass is 32.2. The Morgan fingerprint density at radius 2 is 1.50 bits per heavy atom. The van der Waals surface area contributed by atoms with E-state index in [1.165, 1.54) is 36.0 Å². The topological polar surface area (TPSA) is 118 Å². The molecule has 1 atom stereocenters. The number of carbonyl (C=O) groups excluding carboxylic acids is 1. The van der Waals surface area contributed by atoms with Crippen LogP contribution in [0.3, 0.4) is 0 Å². The maximum atomic E-state index is 12.5. The van der Waals surface area contributed by atoms with Crippen molar-refractivity contribution in [2.45, 2.75) is 28.9 Å². The summed E-state index contributed by atoms with van der Waals surface area (Å²) >= 11 is 1.31. The van der Waals surface area contributed by atoms with E-state index in [4.69, 9.17) is 0 Å². The van der Waals surface area contributed by atoms with Gasteiger partial charge in [-0.05, 0) is 62.4 Å². The van der Waals surface area contributed by atoms with Crippen LogP contribution in [0.1, 0.15) is 12.5 Å². The summed E-state index contributed by atoms with van der Waals surface area (Å²) in [7, 11) is -3.69. The van der Waals surface area contributed by atoms with Crippen molar-refractivity contribution >= 4 is 44.8 Å². The Labute approximate surface area is 190 Å². The van der Waals surface area contributed by atoms with Crippen LogP contribution in [0.15, 0.2) is 82.6 Å². The Balaban J connectivity index is 1.59. The maximum Gasteiger partial charge on any atom is 0.269 e. The van der Waals surface area contributed by atoms with E-state index < -0.39 is 20.2 Å². The molecule has 3 aromatic carbocycles. The Hall–Kier alpha value is -3.37. The Morgan fingerprint density at radius 1 is 0.938 bits per heavy atom. The third kappa shape index (κ3) is 6.08. The van der Waals surface area contributed by atoms with E-state index in [0.29, 0.717) is 11.4 Å². The average Bonchev–Trinajstić information content (AvgIpc) is 2.75. The predicted molar refractivity (Wildman–Crippen MR) is 125 cm³/mol. The van der Waals surface area contributed by atoms with Gasteiger partial charge in [-0.2, -0.15) is 0 Å². The molecule has 166 valence electrons. The number of carbonyl (C=O) groups is 1. The number of anilines is 2. The van der Waals surface area contributed by atoms with Gasteiger partial charge in [0.05, 0.1) is 15.1 Å². The summed E-state index contributed by atoms with van der Waals surface area (Å²) in [6.07, 6.45) is 0. The number of aryl methyl sites for hydroxylation is 1. The molecule has 0 spiro atoms. The van der Waals surface area contributed by atoms with E-state index in [9.17, 15) is 23.3 Å². The zero-order valence-corrected chi connectivity index (χ0v) is 18.9. The first-order valence-corrected chi connectivity index (χ1v) is 11.9. The van der Waals surface area contributed by atoms with Crippen LogP contribution in [0, 0.1) is 17.0 Å². The van der Waals surface area contributed by atoms with Gasteiger partial charge in [-0.25, -0.2) is 8.42 Å². The van der Waals surface area contributed by atoms with Crippen molar-refractivity contribution in [3.63, 3.8) is 0 Å². The fourth-order valence-corrected chi connectivity index (χ4v) is 4.63. The number of sulfonamides is 1. The highest BCUT2D eigenvalue weighted by Crippen LogP contribution is 2.27. The van der Waals surface area contributed by atoms with E-state index in [1.807, 2.05) is 6.92 Å². The van der Waals surface area contributed by atoms with Crippen molar-refractivity contribution in [3.8, 4) is 0 Å². The number of nitro groups is 1. The molecule has 1 amide bonds. The zero-order valence-electron chi connectivity index (χ0n) is 17.3. The number of non-ortho nitro benzene ring substituents is 1. The van der Waals surface area contributed by atoms with Crippen LogP contribution in [-0.4, -0.2) is 24.5 Å². The number of hydrogen-bond donors (Lipinski definition) is 2. The molecule has 0 aliphatic rings. The van der Waals surface area contributed by atoms with Gasteiger partial charge in [0.2, 0.25) is 5.91 Å². The number of nitro benzene ring substituents is 1. The zero-order chi connectivity index (χ0) is 23.3. The van der Waals surface area contributed by atoms with Crippen LogP contribution in [0.25, 0.3) is 0 Å². The lowest BCUT2D eigenvalue weighted by molar-refractivity contribution is -0.384. The van der Waals surface area contributed by atoms with Crippen molar-refractivity contribution in [1.82, 2.24) is 0 Å². The molecule has 3 aromatic rings. The van der Waals surface area contributed by atoms with Gasteiger partial charge >= 0.3 is 0 Å². The molecule has 1 unspecified atom stereocenters. The van der Waals surface area contributed by atoms with E-state index >= 15 is 0 Å².